The maximum atomic E-state index is 13.1. The number of carbonyl (C=O) groups excluding carboxylic acids is 2. The van der Waals surface area contributed by atoms with Crippen molar-refractivity contribution in [3.05, 3.63) is 23.3 Å². The summed E-state index contributed by atoms with van der Waals surface area (Å²) in [5, 5.41) is 0. The fraction of sp³-hybridized carbons (Fsp3) is 0.680. The highest BCUT2D eigenvalue weighted by molar-refractivity contribution is 5.88. The fourth-order valence-electron chi connectivity index (χ4n) is 6.09. The molecule has 2 heterocycles. The maximum absolute atomic E-state index is 13.1. The van der Waals surface area contributed by atoms with E-state index in [-0.39, 0.29) is 29.1 Å². The van der Waals surface area contributed by atoms with Crippen LogP contribution in [0.4, 0.5) is 0 Å². The van der Waals surface area contributed by atoms with Gasteiger partial charge >= 0.3 is 5.97 Å². The van der Waals surface area contributed by atoms with Gasteiger partial charge in [-0.2, -0.15) is 0 Å². The minimum atomic E-state index is -0.520. The Balaban J connectivity index is 1.72. The van der Waals surface area contributed by atoms with Gasteiger partial charge in [-0.05, 0) is 52.7 Å². The van der Waals surface area contributed by atoms with Crippen LogP contribution in [0.15, 0.2) is 12.1 Å². The number of rotatable bonds is 3. The van der Waals surface area contributed by atoms with Crippen molar-refractivity contribution in [1.29, 1.82) is 0 Å². The molecule has 1 aromatic rings. The van der Waals surface area contributed by atoms with Crippen LogP contribution in [0.5, 0.6) is 11.5 Å². The number of hydrogen-bond donors (Lipinski definition) is 0. The third-order valence-corrected chi connectivity index (χ3v) is 8.08. The summed E-state index contributed by atoms with van der Waals surface area (Å²) in [6.07, 6.45) is 1.73. The third kappa shape index (κ3) is 3.17. The molecule has 31 heavy (non-hydrogen) atoms. The number of benzene rings is 1. The second-order valence-electron chi connectivity index (χ2n) is 10.9. The molecular weight excluding hydrogens is 394 g/mol. The summed E-state index contributed by atoms with van der Waals surface area (Å²) >= 11 is 0. The monoisotopic (exact) mass is 430 g/mol. The first-order valence-electron chi connectivity index (χ1n) is 11.3. The second kappa shape index (κ2) is 7.22. The van der Waals surface area contributed by atoms with E-state index in [2.05, 4.69) is 27.0 Å². The number of likely N-dealkylation sites (tertiary alicyclic amines) is 1. The summed E-state index contributed by atoms with van der Waals surface area (Å²) in [6, 6.07) is 4.23. The quantitative estimate of drug-likeness (QED) is 0.540. The van der Waals surface area contributed by atoms with Crippen molar-refractivity contribution in [3.8, 4) is 11.5 Å². The molecule has 1 saturated carbocycles. The Morgan fingerprint density at radius 1 is 1.32 bits per heavy atom. The summed E-state index contributed by atoms with van der Waals surface area (Å²) < 4.78 is 18.4. The van der Waals surface area contributed by atoms with E-state index in [0.717, 1.165) is 36.3 Å². The first-order chi connectivity index (χ1) is 14.5. The number of fused-ring (bicyclic) bond motifs is 1. The summed E-state index contributed by atoms with van der Waals surface area (Å²) in [6.45, 7) is 11.2. The molecule has 0 N–H and O–H groups in total. The number of piperidine rings is 1. The average Bonchev–Trinajstić information content (AvgIpc) is 3.07. The summed E-state index contributed by atoms with van der Waals surface area (Å²) in [7, 11) is 3.82. The topological polar surface area (TPSA) is 61.8 Å². The molecule has 1 aromatic carbocycles. The Labute approximate surface area is 185 Å². The molecule has 1 aliphatic carbocycles. The number of ether oxygens (including phenoxy) is 3. The van der Waals surface area contributed by atoms with E-state index in [1.165, 1.54) is 0 Å². The fourth-order valence-corrected chi connectivity index (χ4v) is 6.09. The van der Waals surface area contributed by atoms with Crippen molar-refractivity contribution < 1.29 is 28.3 Å². The molecule has 0 amide bonds. The van der Waals surface area contributed by atoms with Crippen molar-refractivity contribution in [2.75, 3.05) is 27.4 Å². The molecule has 2 fully saturated rings. The summed E-state index contributed by atoms with van der Waals surface area (Å²) in [4.78, 5) is 25.5. The van der Waals surface area contributed by atoms with Crippen LogP contribution in [0.1, 0.15) is 58.1 Å². The Kier molecular flexibility index (Phi) is 5.16. The number of methoxy groups -OCH3 is 1. The third-order valence-electron chi connectivity index (χ3n) is 8.08. The van der Waals surface area contributed by atoms with Gasteiger partial charge in [0.25, 0.3) is 0 Å². The number of nitrogens with zero attached hydrogens (tertiary/aromatic N) is 1. The van der Waals surface area contributed by atoms with Crippen LogP contribution < -0.4 is 9.47 Å². The molecule has 0 bridgehead atoms. The molecule has 170 valence electrons. The molecule has 5 unspecified atom stereocenters. The highest BCUT2D eigenvalue weighted by Crippen LogP contribution is 2.61. The van der Waals surface area contributed by atoms with E-state index in [1.807, 2.05) is 26.8 Å². The number of aryl methyl sites for hydroxylation is 1. The zero-order valence-electron chi connectivity index (χ0n) is 19.9. The lowest BCUT2D eigenvalue weighted by molar-refractivity contribution is -0.957. The number of ketones is 1. The number of esters is 1. The molecule has 2 aliphatic heterocycles. The van der Waals surface area contributed by atoms with Crippen molar-refractivity contribution >= 4 is 11.8 Å². The standard InChI is InChI=1S/C25H36NO5/c1-15-8-11-19(29-7)21-20(15)25-12-13-26(6,14-30-23(28)24(3,4)5)16(2)17(25)9-10-18(27)22(25)31-21/h8,11,16-17,22H,9-10,12-14H2,1-7H3/q+1. The first kappa shape index (κ1) is 22.1. The lowest BCUT2D eigenvalue weighted by Crippen LogP contribution is -2.69. The Hall–Kier alpha value is -2.08. The molecule has 6 nitrogen and oxygen atoms in total. The van der Waals surface area contributed by atoms with Gasteiger partial charge in [0.05, 0.1) is 37.6 Å². The Morgan fingerprint density at radius 3 is 2.68 bits per heavy atom. The molecule has 0 radical (unpaired) electrons. The average molecular weight is 431 g/mol. The van der Waals surface area contributed by atoms with Crippen LogP contribution in [-0.2, 0) is 19.7 Å². The largest absolute Gasteiger partial charge is 0.493 e. The molecule has 4 rings (SSSR count). The van der Waals surface area contributed by atoms with E-state index in [1.54, 1.807) is 7.11 Å². The van der Waals surface area contributed by atoms with Gasteiger partial charge in [0.15, 0.2) is 23.4 Å². The highest BCUT2D eigenvalue weighted by atomic mass is 16.6. The van der Waals surface area contributed by atoms with Crippen LogP contribution in [0.3, 0.4) is 0 Å². The normalized spacial score (nSPS) is 34.3. The molecule has 6 heteroatoms. The first-order valence-corrected chi connectivity index (χ1v) is 11.3. The van der Waals surface area contributed by atoms with Gasteiger partial charge in [-0.25, -0.2) is 0 Å². The molecular formula is C25H36NO5+. The SMILES string of the molecule is COc1ccc(C)c2c1OC1C(=O)CCC3C(C)[N+](C)(COC(=O)C(C)(C)C)CCC213. The van der Waals surface area contributed by atoms with Crippen LogP contribution in [0.25, 0.3) is 0 Å². The van der Waals surface area contributed by atoms with E-state index in [9.17, 15) is 9.59 Å². The van der Waals surface area contributed by atoms with Crippen LogP contribution in [-0.4, -0.2) is 55.8 Å². The second-order valence-corrected chi connectivity index (χ2v) is 10.9. The lowest BCUT2D eigenvalue weighted by Gasteiger charge is -2.56. The van der Waals surface area contributed by atoms with Crippen molar-refractivity contribution in [2.24, 2.45) is 11.3 Å². The minimum absolute atomic E-state index is 0.175. The highest BCUT2D eigenvalue weighted by Gasteiger charge is 2.66. The van der Waals surface area contributed by atoms with Crippen LogP contribution in [0.2, 0.25) is 0 Å². The van der Waals surface area contributed by atoms with Crippen molar-refractivity contribution in [2.45, 2.75) is 71.4 Å². The summed E-state index contributed by atoms with van der Waals surface area (Å²) in [5.41, 5.74) is 1.45. The molecule has 1 spiro atoms. The van der Waals surface area contributed by atoms with Gasteiger partial charge < -0.3 is 14.2 Å². The van der Waals surface area contributed by atoms with Gasteiger partial charge in [0, 0.05) is 24.3 Å². The Morgan fingerprint density at radius 2 is 2.03 bits per heavy atom. The van der Waals surface area contributed by atoms with Crippen molar-refractivity contribution in [3.63, 3.8) is 0 Å². The van der Waals surface area contributed by atoms with Gasteiger partial charge in [-0.3, -0.25) is 14.1 Å². The van der Waals surface area contributed by atoms with Crippen molar-refractivity contribution in [1.82, 2.24) is 0 Å². The lowest BCUT2D eigenvalue weighted by atomic mass is 9.55. The van der Waals surface area contributed by atoms with E-state index in [0.29, 0.717) is 23.4 Å². The minimum Gasteiger partial charge on any atom is -0.493 e. The predicted octanol–water partition coefficient (Wildman–Crippen LogP) is 3.77. The summed E-state index contributed by atoms with van der Waals surface area (Å²) in [5.74, 6) is 1.72. The maximum Gasteiger partial charge on any atom is 0.315 e. The number of Topliss-reactive ketones (excluding diaryl/α,β-unsaturated/α-hetero) is 1. The Bertz CT molecular complexity index is 919. The smallest absolute Gasteiger partial charge is 0.315 e. The molecule has 5 atom stereocenters. The molecule has 1 saturated heterocycles. The molecule has 0 aromatic heterocycles. The van der Waals surface area contributed by atoms with Crippen LogP contribution in [0, 0.1) is 18.3 Å². The zero-order valence-corrected chi connectivity index (χ0v) is 19.9. The van der Waals surface area contributed by atoms with Crippen LogP contribution >= 0.6 is 0 Å². The zero-order chi connectivity index (χ0) is 22.8. The number of quaternary nitrogens is 1. The van der Waals surface area contributed by atoms with E-state index < -0.39 is 11.5 Å². The van der Waals surface area contributed by atoms with Gasteiger partial charge in [0.2, 0.25) is 6.73 Å². The van der Waals surface area contributed by atoms with Gasteiger partial charge in [-0.15, -0.1) is 0 Å². The number of carbonyl (C=O) groups is 2. The molecule has 3 aliphatic rings. The predicted molar refractivity (Wildman–Crippen MR) is 117 cm³/mol. The van der Waals surface area contributed by atoms with Gasteiger partial charge in [0.1, 0.15) is 0 Å². The number of hydrogen-bond acceptors (Lipinski definition) is 5. The van der Waals surface area contributed by atoms with Gasteiger partial charge in [-0.1, -0.05) is 6.07 Å². The van der Waals surface area contributed by atoms with E-state index >= 15 is 0 Å². The van der Waals surface area contributed by atoms with E-state index in [4.69, 9.17) is 14.2 Å².